The molecule has 0 saturated heterocycles. The van der Waals surface area contributed by atoms with Gasteiger partial charge < -0.3 is 5.73 Å². The van der Waals surface area contributed by atoms with E-state index in [1.54, 1.807) is 0 Å². The fourth-order valence-electron chi connectivity index (χ4n) is 3.17. The Morgan fingerprint density at radius 1 is 0.700 bits per heavy atom. The van der Waals surface area contributed by atoms with E-state index < -0.39 is 0 Å². The van der Waals surface area contributed by atoms with Crippen LogP contribution in [-0.4, -0.2) is 5.54 Å². The van der Waals surface area contributed by atoms with E-state index in [4.69, 9.17) is 5.73 Å². The lowest BCUT2D eigenvalue weighted by Crippen LogP contribution is -2.47. The molecule has 0 rings (SSSR count). The van der Waals surface area contributed by atoms with Crippen LogP contribution in [0.4, 0.5) is 4.70 Å². The maximum absolute atomic E-state index is 6.90. The Labute approximate surface area is 127 Å². The van der Waals surface area contributed by atoms with Gasteiger partial charge in [0.1, 0.15) is 0 Å². The van der Waals surface area contributed by atoms with Gasteiger partial charge in [-0.1, -0.05) is 79.1 Å². The Morgan fingerprint density at radius 3 is 1.35 bits per heavy atom. The van der Waals surface area contributed by atoms with Gasteiger partial charge in [-0.05, 0) is 31.6 Å². The fraction of sp³-hybridized carbons (Fsp3) is 1.00. The van der Waals surface area contributed by atoms with Crippen molar-refractivity contribution in [3.63, 3.8) is 0 Å². The van der Waals surface area contributed by atoms with Crippen molar-refractivity contribution < 1.29 is 4.70 Å². The third-order valence-electron chi connectivity index (χ3n) is 4.62. The Balaban J connectivity index is 0. The standard InChI is InChI=1S/C18H39N.FH/c1-5-9-13-17(14-10-6-2)18(19,15-11-7-3)16-12-8-4;/h17H,5-16,19H2,1-4H3;1H. The molecule has 20 heavy (non-hydrogen) atoms. The Morgan fingerprint density at radius 2 is 1.05 bits per heavy atom. The molecule has 2 heteroatoms. The van der Waals surface area contributed by atoms with Crippen molar-refractivity contribution in [2.24, 2.45) is 11.7 Å². The molecule has 0 spiro atoms. The van der Waals surface area contributed by atoms with E-state index in [0.29, 0.717) is 0 Å². The van der Waals surface area contributed by atoms with Gasteiger partial charge in [0.05, 0.1) is 0 Å². The molecule has 0 aliphatic heterocycles. The average Bonchev–Trinajstić information content (AvgIpc) is 2.43. The Bertz CT molecular complexity index is 178. The minimum absolute atomic E-state index is 0. The molecule has 0 radical (unpaired) electrons. The topological polar surface area (TPSA) is 26.0 Å². The molecule has 0 bridgehead atoms. The normalized spacial score (nSPS) is 11.7. The Hall–Kier alpha value is -0.110. The van der Waals surface area contributed by atoms with E-state index in [1.165, 1.54) is 77.0 Å². The minimum atomic E-state index is 0. The van der Waals surface area contributed by atoms with Crippen LogP contribution in [0, 0.1) is 5.92 Å². The third kappa shape index (κ3) is 8.94. The van der Waals surface area contributed by atoms with Crippen molar-refractivity contribution in [3.05, 3.63) is 0 Å². The first-order valence-electron chi connectivity index (χ1n) is 8.93. The molecule has 0 aliphatic carbocycles. The van der Waals surface area contributed by atoms with Gasteiger partial charge in [0.25, 0.3) is 0 Å². The molecule has 0 saturated carbocycles. The fourth-order valence-corrected chi connectivity index (χ4v) is 3.17. The molecular weight excluding hydrogens is 249 g/mol. The van der Waals surface area contributed by atoms with E-state index in [2.05, 4.69) is 27.7 Å². The van der Waals surface area contributed by atoms with Crippen LogP contribution in [0.5, 0.6) is 0 Å². The number of hydrogen-bond acceptors (Lipinski definition) is 1. The van der Waals surface area contributed by atoms with Crippen molar-refractivity contribution in [2.45, 2.75) is 110 Å². The van der Waals surface area contributed by atoms with Crippen LogP contribution in [0.2, 0.25) is 0 Å². The van der Waals surface area contributed by atoms with Gasteiger partial charge in [0.15, 0.2) is 0 Å². The zero-order chi connectivity index (χ0) is 14.6. The molecule has 0 aromatic rings. The molecule has 0 atom stereocenters. The van der Waals surface area contributed by atoms with Crippen LogP contribution in [-0.2, 0) is 0 Å². The maximum atomic E-state index is 6.90. The quantitative estimate of drug-likeness (QED) is 0.428. The highest BCUT2D eigenvalue weighted by molar-refractivity contribution is 4.91. The van der Waals surface area contributed by atoms with E-state index in [1.807, 2.05) is 0 Å². The van der Waals surface area contributed by atoms with Crippen molar-refractivity contribution in [1.82, 2.24) is 0 Å². The second-order valence-corrected chi connectivity index (χ2v) is 6.42. The summed E-state index contributed by atoms with van der Waals surface area (Å²) in [6, 6.07) is 0. The number of nitrogens with two attached hydrogens (primary N) is 1. The van der Waals surface area contributed by atoms with Gasteiger partial charge in [-0.25, -0.2) is 0 Å². The van der Waals surface area contributed by atoms with Gasteiger partial charge in [-0.3, -0.25) is 4.70 Å². The largest absolute Gasteiger partial charge is 0.325 e. The number of halogens is 1. The highest BCUT2D eigenvalue weighted by atomic mass is 19.0. The molecule has 0 aliphatic rings. The molecule has 124 valence electrons. The Kier molecular flexibility index (Phi) is 15.4. The van der Waals surface area contributed by atoms with Crippen molar-refractivity contribution in [3.8, 4) is 0 Å². The van der Waals surface area contributed by atoms with Gasteiger partial charge in [-0.2, -0.15) is 0 Å². The predicted molar refractivity (Wildman–Crippen MR) is 91.0 cm³/mol. The van der Waals surface area contributed by atoms with Crippen LogP contribution in [0.3, 0.4) is 0 Å². The van der Waals surface area contributed by atoms with Crippen molar-refractivity contribution in [1.29, 1.82) is 0 Å². The van der Waals surface area contributed by atoms with Crippen molar-refractivity contribution in [2.75, 3.05) is 0 Å². The summed E-state index contributed by atoms with van der Waals surface area (Å²) in [5, 5.41) is 0. The van der Waals surface area contributed by atoms with Crippen LogP contribution in [0.1, 0.15) is 105 Å². The number of unbranched alkanes of at least 4 members (excludes halogenated alkanes) is 4. The summed E-state index contributed by atoms with van der Waals surface area (Å²) in [5.41, 5.74) is 7.02. The van der Waals surface area contributed by atoms with E-state index in [-0.39, 0.29) is 10.2 Å². The second kappa shape index (κ2) is 13.9. The molecule has 0 aromatic carbocycles. The SMILES string of the molecule is CCCCC(CCCC)C(N)(CCCC)CCCC.F. The van der Waals surface area contributed by atoms with Crippen molar-refractivity contribution >= 4 is 0 Å². The van der Waals surface area contributed by atoms with Crippen LogP contribution in [0.15, 0.2) is 0 Å². The first-order valence-corrected chi connectivity index (χ1v) is 8.93. The van der Waals surface area contributed by atoms with Gasteiger partial charge in [-0.15, -0.1) is 0 Å². The molecule has 0 fully saturated rings. The summed E-state index contributed by atoms with van der Waals surface area (Å²) >= 11 is 0. The van der Waals surface area contributed by atoms with Crippen LogP contribution < -0.4 is 5.73 Å². The second-order valence-electron chi connectivity index (χ2n) is 6.42. The van der Waals surface area contributed by atoms with Gasteiger partial charge >= 0.3 is 0 Å². The summed E-state index contributed by atoms with van der Waals surface area (Å²) in [7, 11) is 0. The number of hydrogen-bond donors (Lipinski definition) is 1. The highest BCUT2D eigenvalue weighted by Crippen LogP contribution is 2.34. The molecular formula is C18H40FN. The summed E-state index contributed by atoms with van der Waals surface area (Å²) in [4.78, 5) is 0. The van der Waals surface area contributed by atoms with E-state index >= 15 is 0 Å². The number of rotatable bonds is 13. The zero-order valence-corrected chi connectivity index (χ0v) is 14.5. The van der Waals surface area contributed by atoms with Crippen LogP contribution in [0.25, 0.3) is 0 Å². The maximum Gasteiger partial charge on any atom is 0.0182 e. The molecule has 1 nitrogen and oxygen atoms in total. The first kappa shape index (κ1) is 22.2. The van der Waals surface area contributed by atoms with Crippen LogP contribution >= 0.6 is 0 Å². The van der Waals surface area contributed by atoms with Gasteiger partial charge in [0.2, 0.25) is 0 Å². The monoisotopic (exact) mass is 289 g/mol. The lowest BCUT2D eigenvalue weighted by molar-refractivity contribution is 0.194. The summed E-state index contributed by atoms with van der Waals surface area (Å²) in [6.07, 6.45) is 15.6. The molecule has 0 amide bonds. The van der Waals surface area contributed by atoms with Gasteiger partial charge in [0, 0.05) is 5.54 Å². The molecule has 0 heterocycles. The third-order valence-corrected chi connectivity index (χ3v) is 4.62. The lowest BCUT2D eigenvalue weighted by atomic mass is 9.72. The molecule has 0 aromatic heterocycles. The van der Waals surface area contributed by atoms with E-state index in [9.17, 15) is 0 Å². The molecule has 2 N–H and O–H groups in total. The first-order chi connectivity index (χ1) is 9.14. The summed E-state index contributed by atoms with van der Waals surface area (Å²) < 4.78 is 0. The average molecular weight is 290 g/mol. The smallest absolute Gasteiger partial charge is 0.0182 e. The molecule has 0 unspecified atom stereocenters. The summed E-state index contributed by atoms with van der Waals surface area (Å²) in [6.45, 7) is 9.17. The predicted octanol–water partition coefficient (Wildman–Crippen LogP) is 6.21. The lowest BCUT2D eigenvalue weighted by Gasteiger charge is -2.38. The zero-order valence-electron chi connectivity index (χ0n) is 14.5. The summed E-state index contributed by atoms with van der Waals surface area (Å²) in [5.74, 6) is 0.755. The highest BCUT2D eigenvalue weighted by Gasteiger charge is 2.32. The van der Waals surface area contributed by atoms with E-state index in [0.717, 1.165) is 5.92 Å². The minimum Gasteiger partial charge on any atom is -0.325 e.